The number of Topliss-reactive ketones (excluding diaryl/α,β-unsaturated/α-hetero) is 2. The van der Waals surface area contributed by atoms with Crippen LogP contribution in [0.1, 0.15) is 33.2 Å². The molecular formula is C32H24ClN3O6S. The summed E-state index contributed by atoms with van der Waals surface area (Å²) in [5.41, 5.74) is 1.27. The molecule has 43 heavy (non-hydrogen) atoms. The van der Waals surface area contributed by atoms with Gasteiger partial charge < -0.3 is 20.7 Å². The standard InChI is InChI=1S/C32H24ClN3O6S/c1-3-42-32(41)23-17(2)28(19-9-5-4-6-10-19)43-31(23)36-30(40)27(38)24(26(37)18-13-15-20(33)16-14-18)25-29(39)35-22-12-8-7-11-21(22)34-25/h4-16,34H,3H2,1-2H3,(H,35,39)(H,36,40). The Balaban J connectivity index is 1.58. The van der Waals surface area contributed by atoms with Gasteiger partial charge in [-0.15, -0.1) is 11.3 Å². The molecule has 1 aliphatic heterocycles. The Kier molecular flexibility index (Phi) is 8.51. The minimum Gasteiger partial charge on any atom is -0.462 e. The van der Waals surface area contributed by atoms with Gasteiger partial charge >= 0.3 is 5.97 Å². The number of hydrogen-bond acceptors (Lipinski definition) is 8. The number of fused-ring (bicyclic) bond motifs is 1. The van der Waals surface area contributed by atoms with Crippen molar-refractivity contribution in [2.24, 2.45) is 0 Å². The molecule has 0 fully saturated rings. The van der Waals surface area contributed by atoms with Crippen LogP contribution < -0.4 is 16.0 Å². The number of benzene rings is 3. The molecule has 2 heterocycles. The maximum Gasteiger partial charge on any atom is 0.341 e. The number of carbonyl (C=O) groups excluding carboxylic acids is 5. The average Bonchev–Trinajstić information content (AvgIpc) is 3.33. The van der Waals surface area contributed by atoms with E-state index in [2.05, 4.69) is 16.0 Å². The number of para-hydroxylation sites is 2. The zero-order chi connectivity index (χ0) is 30.7. The van der Waals surface area contributed by atoms with Crippen LogP contribution in [0.3, 0.4) is 0 Å². The maximum atomic E-state index is 13.8. The summed E-state index contributed by atoms with van der Waals surface area (Å²) in [5.74, 6) is -4.82. The molecule has 0 spiro atoms. The molecule has 3 aromatic carbocycles. The van der Waals surface area contributed by atoms with Gasteiger partial charge in [0.2, 0.25) is 0 Å². The number of thiophene rings is 1. The minimum absolute atomic E-state index is 0.0343. The fraction of sp³-hybridized carbons (Fsp3) is 0.0938. The van der Waals surface area contributed by atoms with Gasteiger partial charge in [-0.25, -0.2) is 4.79 Å². The second kappa shape index (κ2) is 12.4. The fourth-order valence-electron chi connectivity index (χ4n) is 4.52. The summed E-state index contributed by atoms with van der Waals surface area (Å²) in [6, 6.07) is 21.6. The molecule has 0 bridgehead atoms. The molecule has 0 saturated carbocycles. The monoisotopic (exact) mass is 613 g/mol. The molecule has 1 aromatic heterocycles. The maximum absolute atomic E-state index is 13.8. The van der Waals surface area contributed by atoms with Crippen molar-refractivity contribution in [2.75, 3.05) is 22.6 Å². The topological polar surface area (TPSA) is 131 Å². The number of carbonyl (C=O) groups is 5. The molecule has 2 amide bonds. The molecular weight excluding hydrogens is 590 g/mol. The number of esters is 1. The number of rotatable bonds is 8. The Labute approximate surface area is 255 Å². The molecule has 216 valence electrons. The van der Waals surface area contributed by atoms with Crippen LogP contribution in [0.5, 0.6) is 0 Å². The van der Waals surface area contributed by atoms with Crippen molar-refractivity contribution in [2.45, 2.75) is 13.8 Å². The van der Waals surface area contributed by atoms with E-state index in [0.717, 1.165) is 16.9 Å². The van der Waals surface area contributed by atoms with Crippen LogP contribution in [0.4, 0.5) is 16.4 Å². The molecule has 0 aliphatic carbocycles. The molecule has 1 aliphatic rings. The summed E-state index contributed by atoms with van der Waals surface area (Å²) in [7, 11) is 0. The zero-order valence-corrected chi connectivity index (χ0v) is 24.5. The van der Waals surface area contributed by atoms with Gasteiger partial charge in [-0.05, 0) is 61.4 Å². The van der Waals surface area contributed by atoms with Crippen molar-refractivity contribution in [3.63, 3.8) is 0 Å². The summed E-state index contributed by atoms with van der Waals surface area (Å²) in [4.78, 5) is 67.9. The van der Waals surface area contributed by atoms with Gasteiger partial charge in [0, 0.05) is 15.5 Å². The molecule has 0 unspecified atom stereocenters. The van der Waals surface area contributed by atoms with E-state index in [4.69, 9.17) is 16.3 Å². The number of anilines is 3. The number of halogens is 1. The minimum atomic E-state index is -1.28. The third-order valence-electron chi connectivity index (χ3n) is 6.57. The second-order valence-electron chi connectivity index (χ2n) is 9.34. The lowest BCUT2D eigenvalue weighted by atomic mass is 9.96. The van der Waals surface area contributed by atoms with Crippen molar-refractivity contribution < 1.29 is 28.7 Å². The van der Waals surface area contributed by atoms with E-state index in [1.165, 1.54) is 24.3 Å². The number of nitrogens with one attached hydrogen (secondary N) is 3. The van der Waals surface area contributed by atoms with Crippen molar-refractivity contribution in [3.8, 4) is 10.4 Å². The molecule has 3 N–H and O–H groups in total. The first kappa shape index (κ1) is 29.4. The van der Waals surface area contributed by atoms with E-state index in [1.807, 2.05) is 30.3 Å². The Morgan fingerprint density at radius 1 is 0.884 bits per heavy atom. The van der Waals surface area contributed by atoms with Gasteiger partial charge in [-0.2, -0.15) is 0 Å². The Morgan fingerprint density at radius 3 is 2.16 bits per heavy atom. The van der Waals surface area contributed by atoms with Crippen LogP contribution in [0, 0.1) is 6.92 Å². The third-order valence-corrected chi connectivity index (χ3v) is 8.08. The van der Waals surface area contributed by atoms with Crippen LogP contribution in [-0.2, 0) is 19.1 Å². The smallest absolute Gasteiger partial charge is 0.341 e. The second-order valence-corrected chi connectivity index (χ2v) is 10.8. The molecule has 11 heteroatoms. The van der Waals surface area contributed by atoms with Crippen molar-refractivity contribution in [3.05, 3.63) is 112 Å². The number of amides is 2. The quantitative estimate of drug-likeness (QED) is 0.0534. The van der Waals surface area contributed by atoms with Crippen LogP contribution in [0.25, 0.3) is 10.4 Å². The van der Waals surface area contributed by atoms with Gasteiger partial charge in [-0.1, -0.05) is 54.1 Å². The largest absolute Gasteiger partial charge is 0.462 e. The predicted molar refractivity (Wildman–Crippen MR) is 166 cm³/mol. The summed E-state index contributed by atoms with van der Waals surface area (Å²) in [5, 5.41) is 8.42. The van der Waals surface area contributed by atoms with Crippen LogP contribution in [-0.4, -0.2) is 36.0 Å². The highest BCUT2D eigenvalue weighted by molar-refractivity contribution is 7.20. The first-order valence-corrected chi connectivity index (χ1v) is 14.3. The fourth-order valence-corrected chi connectivity index (χ4v) is 5.84. The average molecular weight is 614 g/mol. The first-order valence-electron chi connectivity index (χ1n) is 13.1. The van der Waals surface area contributed by atoms with Crippen LogP contribution in [0.2, 0.25) is 5.02 Å². The lowest BCUT2D eigenvalue weighted by Gasteiger charge is -2.23. The Morgan fingerprint density at radius 2 is 1.51 bits per heavy atom. The van der Waals surface area contributed by atoms with Gasteiger partial charge in [-0.3, -0.25) is 19.2 Å². The van der Waals surface area contributed by atoms with E-state index in [9.17, 15) is 24.0 Å². The SMILES string of the molecule is CCOC(=O)c1c(NC(=O)C(=O)C(C(=O)c2ccc(Cl)cc2)=C2Nc3ccccc3NC2=O)sc(-c2ccccc2)c1C. The summed E-state index contributed by atoms with van der Waals surface area (Å²) in [6.07, 6.45) is 0. The van der Waals surface area contributed by atoms with Gasteiger partial charge in [0.1, 0.15) is 16.3 Å². The molecule has 0 atom stereocenters. The molecule has 4 aromatic rings. The molecule has 5 rings (SSSR count). The van der Waals surface area contributed by atoms with E-state index in [1.54, 1.807) is 38.1 Å². The van der Waals surface area contributed by atoms with E-state index >= 15 is 0 Å². The Hall–Kier alpha value is -5.06. The van der Waals surface area contributed by atoms with Gasteiger partial charge in [0.05, 0.1) is 23.5 Å². The van der Waals surface area contributed by atoms with Crippen LogP contribution >= 0.6 is 22.9 Å². The van der Waals surface area contributed by atoms with E-state index in [0.29, 0.717) is 26.8 Å². The third kappa shape index (κ3) is 5.97. The number of hydrogen-bond donors (Lipinski definition) is 3. The summed E-state index contributed by atoms with van der Waals surface area (Å²) in [6.45, 7) is 3.46. The van der Waals surface area contributed by atoms with Crippen molar-refractivity contribution in [1.29, 1.82) is 0 Å². The van der Waals surface area contributed by atoms with Gasteiger partial charge in [0.25, 0.3) is 17.6 Å². The van der Waals surface area contributed by atoms with Crippen LogP contribution in [0.15, 0.2) is 90.1 Å². The predicted octanol–water partition coefficient (Wildman–Crippen LogP) is 6.26. The highest BCUT2D eigenvalue weighted by atomic mass is 35.5. The van der Waals surface area contributed by atoms with Crippen molar-refractivity contribution in [1.82, 2.24) is 0 Å². The normalized spacial score (nSPS) is 13.2. The number of ketones is 2. The lowest BCUT2D eigenvalue weighted by Crippen LogP contribution is -2.35. The summed E-state index contributed by atoms with van der Waals surface area (Å²) < 4.78 is 5.23. The summed E-state index contributed by atoms with van der Waals surface area (Å²) >= 11 is 7.07. The van der Waals surface area contributed by atoms with E-state index in [-0.39, 0.29) is 22.7 Å². The van der Waals surface area contributed by atoms with Crippen molar-refractivity contribution >= 4 is 68.7 Å². The van der Waals surface area contributed by atoms with E-state index < -0.39 is 40.6 Å². The molecule has 0 radical (unpaired) electrons. The highest BCUT2D eigenvalue weighted by Gasteiger charge is 2.35. The highest BCUT2D eigenvalue weighted by Crippen LogP contribution is 2.40. The first-order chi connectivity index (χ1) is 20.7. The van der Waals surface area contributed by atoms with Gasteiger partial charge in [0.15, 0.2) is 5.78 Å². The zero-order valence-electron chi connectivity index (χ0n) is 22.9. The lowest BCUT2D eigenvalue weighted by molar-refractivity contribution is -0.132. The molecule has 0 saturated heterocycles. The Bertz CT molecular complexity index is 1810. The molecule has 9 nitrogen and oxygen atoms in total. The number of ether oxygens (including phenoxy) is 1.